The molecule has 0 aromatic heterocycles. The summed E-state index contributed by atoms with van der Waals surface area (Å²) < 4.78 is 10.7. The third-order valence-electron chi connectivity index (χ3n) is 1.82. The maximum atomic E-state index is 9.97. The van der Waals surface area contributed by atoms with Gasteiger partial charge in [-0.1, -0.05) is 18.2 Å². The number of carbonyl (C=O) groups excluding carboxylic acids is 1. The molecule has 82 valence electrons. The number of hydrogen-bond acceptors (Lipinski definition) is 3. The van der Waals surface area contributed by atoms with Crippen LogP contribution in [0.25, 0.3) is 0 Å². The van der Waals surface area contributed by atoms with Crippen molar-refractivity contribution in [3.8, 4) is 5.75 Å². The van der Waals surface area contributed by atoms with Gasteiger partial charge in [-0.25, -0.2) is 0 Å². The van der Waals surface area contributed by atoms with Crippen LogP contribution in [0, 0.1) is 0 Å². The Labute approximate surface area is 90.0 Å². The molecule has 0 atom stereocenters. The minimum Gasteiger partial charge on any atom is -0.494 e. The summed E-state index contributed by atoms with van der Waals surface area (Å²) in [5.74, 6) is 0.880. The number of para-hydroxylation sites is 1. The third-order valence-corrected chi connectivity index (χ3v) is 1.82. The molecule has 0 fully saturated rings. The third kappa shape index (κ3) is 5.86. The number of hydrogen-bond donors (Lipinski definition) is 0. The quantitative estimate of drug-likeness (QED) is 0.484. The van der Waals surface area contributed by atoms with Gasteiger partial charge in [0.2, 0.25) is 0 Å². The molecule has 0 N–H and O–H groups in total. The van der Waals surface area contributed by atoms with Crippen molar-refractivity contribution in [1.82, 2.24) is 0 Å². The van der Waals surface area contributed by atoms with Crippen LogP contribution in [-0.2, 0) is 9.53 Å². The molecule has 0 amide bonds. The van der Waals surface area contributed by atoms with Gasteiger partial charge in [0.15, 0.2) is 0 Å². The molecule has 0 bridgehead atoms. The van der Waals surface area contributed by atoms with Gasteiger partial charge in [0.05, 0.1) is 13.2 Å². The van der Waals surface area contributed by atoms with Gasteiger partial charge in [0.25, 0.3) is 0 Å². The van der Waals surface area contributed by atoms with Gasteiger partial charge in [0.1, 0.15) is 12.0 Å². The van der Waals surface area contributed by atoms with Crippen LogP contribution in [0.15, 0.2) is 30.3 Å². The monoisotopic (exact) mass is 208 g/mol. The Morgan fingerprint density at radius 1 is 1.07 bits per heavy atom. The predicted molar refractivity (Wildman–Crippen MR) is 58.1 cm³/mol. The minimum absolute atomic E-state index is 0.472. The Morgan fingerprint density at radius 2 is 1.87 bits per heavy atom. The molecule has 0 saturated carbocycles. The highest BCUT2D eigenvalue weighted by atomic mass is 16.5. The van der Waals surface area contributed by atoms with Gasteiger partial charge in [-0.3, -0.25) is 0 Å². The van der Waals surface area contributed by atoms with E-state index >= 15 is 0 Å². The number of carbonyl (C=O) groups is 1. The molecule has 1 aromatic rings. The summed E-state index contributed by atoms with van der Waals surface area (Å²) in [7, 11) is 0. The van der Waals surface area contributed by atoms with E-state index in [9.17, 15) is 4.79 Å². The van der Waals surface area contributed by atoms with Crippen molar-refractivity contribution in [2.75, 3.05) is 19.8 Å². The molecule has 1 aromatic carbocycles. The van der Waals surface area contributed by atoms with Crippen LogP contribution < -0.4 is 4.74 Å². The van der Waals surface area contributed by atoms with Crippen LogP contribution in [0.2, 0.25) is 0 Å². The fraction of sp³-hybridized carbons (Fsp3) is 0.417. The zero-order valence-electron chi connectivity index (χ0n) is 8.72. The van der Waals surface area contributed by atoms with Gasteiger partial charge in [-0.15, -0.1) is 0 Å². The first-order valence-corrected chi connectivity index (χ1v) is 5.12. The predicted octanol–water partition coefficient (Wildman–Crippen LogP) is 2.06. The van der Waals surface area contributed by atoms with Crippen molar-refractivity contribution in [2.45, 2.75) is 12.8 Å². The van der Waals surface area contributed by atoms with Crippen molar-refractivity contribution in [3.05, 3.63) is 30.3 Å². The smallest absolute Gasteiger partial charge is 0.122 e. The summed E-state index contributed by atoms with van der Waals surface area (Å²) in [5.41, 5.74) is 0. The normalized spacial score (nSPS) is 9.87. The topological polar surface area (TPSA) is 35.5 Å². The second kappa shape index (κ2) is 8.00. The van der Waals surface area contributed by atoms with E-state index in [0.717, 1.165) is 18.5 Å². The Balaban J connectivity index is 1.95. The molecule has 0 heterocycles. The fourth-order valence-electron chi connectivity index (χ4n) is 1.10. The number of ether oxygens (including phenoxy) is 2. The lowest BCUT2D eigenvalue weighted by Crippen LogP contribution is -2.04. The highest BCUT2D eigenvalue weighted by molar-refractivity contribution is 5.49. The highest BCUT2D eigenvalue weighted by Gasteiger charge is 1.92. The van der Waals surface area contributed by atoms with Crippen molar-refractivity contribution < 1.29 is 14.3 Å². The van der Waals surface area contributed by atoms with Crippen LogP contribution in [0.1, 0.15) is 12.8 Å². The van der Waals surface area contributed by atoms with Crippen molar-refractivity contribution in [1.29, 1.82) is 0 Å². The molecular weight excluding hydrogens is 192 g/mol. The van der Waals surface area contributed by atoms with E-state index in [4.69, 9.17) is 9.47 Å². The van der Waals surface area contributed by atoms with Gasteiger partial charge in [-0.2, -0.15) is 0 Å². The Kier molecular flexibility index (Phi) is 6.25. The second-order valence-corrected chi connectivity index (χ2v) is 3.08. The highest BCUT2D eigenvalue weighted by Crippen LogP contribution is 2.08. The molecule has 0 unspecified atom stereocenters. The van der Waals surface area contributed by atoms with E-state index in [1.807, 2.05) is 30.3 Å². The lowest BCUT2D eigenvalue weighted by Gasteiger charge is -2.05. The summed E-state index contributed by atoms with van der Waals surface area (Å²) in [6.07, 6.45) is 2.17. The molecule has 15 heavy (non-hydrogen) atoms. The number of rotatable bonds is 8. The molecule has 0 aliphatic carbocycles. The number of benzene rings is 1. The van der Waals surface area contributed by atoms with Crippen LogP contribution in [0.4, 0.5) is 0 Å². The van der Waals surface area contributed by atoms with Crippen LogP contribution >= 0.6 is 0 Å². The largest absolute Gasteiger partial charge is 0.494 e. The van der Waals surface area contributed by atoms with Crippen LogP contribution in [-0.4, -0.2) is 26.1 Å². The van der Waals surface area contributed by atoms with E-state index in [1.165, 1.54) is 0 Å². The Bertz CT molecular complexity index is 259. The van der Waals surface area contributed by atoms with Gasteiger partial charge in [-0.05, 0) is 12.1 Å². The lowest BCUT2D eigenvalue weighted by atomic mass is 10.3. The SMILES string of the molecule is O=CCCOCCCOc1ccccc1. The van der Waals surface area contributed by atoms with E-state index in [1.54, 1.807) is 0 Å². The molecular formula is C12H16O3. The van der Waals surface area contributed by atoms with Crippen LogP contribution in [0.5, 0.6) is 5.75 Å². The summed E-state index contributed by atoms with van der Waals surface area (Å²) in [5, 5.41) is 0. The Hall–Kier alpha value is -1.35. The zero-order chi connectivity index (χ0) is 10.8. The van der Waals surface area contributed by atoms with Gasteiger partial charge in [0, 0.05) is 19.4 Å². The van der Waals surface area contributed by atoms with Crippen LogP contribution in [0.3, 0.4) is 0 Å². The molecule has 0 saturated heterocycles. The standard InChI is InChI=1S/C12H16O3/c13-8-4-9-14-10-5-11-15-12-6-2-1-3-7-12/h1-3,6-8H,4-5,9-11H2. The number of aldehydes is 1. The molecule has 0 spiro atoms. The van der Waals surface area contributed by atoms with E-state index in [0.29, 0.717) is 26.2 Å². The Morgan fingerprint density at radius 3 is 2.60 bits per heavy atom. The minimum atomic E-state index is 0.472. The second-order valence-electron chi connectivity index (χ2n) is 3.08. The van der Waals surface area contributed by atoms with E-state index in [-0.39, 0.29) is 0 Å². The average molecular weight is 208 g/mol. The summed E-state index contributed by atoms with van der Waals surface area (Å²) >= 11 is 0. The zero-order valence-corrected chi connectivity index (χ0v) is 8.72. The first kappa shape index (κ1) is 11.7. The van der Waals surface area contributed by atoms with Crippen molar-refractivity contribution in [3.63, 3.8) is 0 Å². The van der Waals surface area contributed by atoms with Gasteiger partial charge >= 0.3 is 0 Å². The lowest BCUT2D eigenvalue weighted by molar-refractivity contribution is -0.108. The summed E-state index contributed by atoms with van der Waals surface area (Å²) in [6.45, 7) is 1.79. The van der Waals surface area contributed by atoms with E-state index < -0.39 is 0 Å². The summed E-state index contributed by atoms with van der Waals surface area (Å²) in [6, 6.07) is 9.68. The first-order valence-electron chi connectivity index (χ1n) is 5.12. The summed E-state index contributed by atoms with van der Waals surface area (Å²) in [4.78, 5) is 9.97. The average Bonchev–Trinajstić information content (AvgIpc) is 2.29. The van der Waals surface area contributed by atoms with Crippen molar-refractivity contribution >= 4 is 6.29 Å². The van der Waals surface area contributed by atoms with Crippen molar-refractivity contribution in [2.24, 2.45) is 0 Å². The maximum Gasteiger partial charge on any atom is 0.122 e. The fourth-order valence-corrected chi connectivity index (χ4v) is 1.10. The molecule has 0 aliphatic rings. The van der Waals surface area contributed by atoms with E-state index in [2.05, 4.69) is 0 Å². The molecule has 0 radical (unpaired) electrons. The first-order chi connectivity index (χ1) is 7.43. The molecule has 0 aliphatic heterocycles. The maximum absolute atomic E-state index is 9.97. The molecule has 3 nitrogen and oxygen atoms in total. The molecule has 1 rings (SSSR count). The van der Waals surface area contributed by atoms with Gasteiger partial charge < -0.3 is 14.3 Å². The molecule has 3 heteroatoms.